The molecule has 126 valence electrons. The van der Waals surface area contributed by atoms with E-state index in [0.29, 0.717) is 18.9 Å². The molecule has 0 aliphatic heterocycles. The molecule has 1 aliphatic rings. The topological polar surface area (TPSA) is 74.1 Å². The highest BCUT2D eigenvalue weighted by atomic mass is 19.4. The molecule has 2 aromatic heterocycles. The van der Waals surface area contributed by atoms with Gasteiger partial charge in [-0.25, -0.2) is 4.98 Å². The Morgan fingerprint density at radius 2 is 2.04 bits per heavy atom. The number of ether oxygens (including phenoxy) is 1. The standard InChI is InChI=1S/C15H12F3N3O3/c1-24-11-5-4-9(7-19-11)21-12(22)6-10(15(16,17)18)13(20-21)14(23)8-2-3-8/h4-8H,2-3H2,1H3. The Labute approximate surface area is 133 Å². The highest BCUT2D eigenvalue weighted by Crippen LogP contribution is 2.36. The van der Waals surface area contributed by atoms with E-state index >= 15 is 0 Å². The van der Waals surface area contributed by atoms with Crippen molar-refractivity contribution >= 4 is 5.78 Å². The van der Waals surface area contributed by atoms with Crippen LogP contribution in [0.4, 0.5) is 13.2 Å². The predicted molar refractivity (Wildman–Crippen MR) is 76.2 cm³/mol. The summed E-state index contributed by atoms with van der Waals surface area (Å²) in [5.74, 6) is -0.885. The molecule has 3 rings (SSSR count). The second-order valence-corrected chi connectivity index (χ2v) is 5.35. The van der Waals surface area contributed by atoms with E-state index in [2.05, 4.69) is 10.1 Å². The number of methoxy groups -OCH3 is 1. The zero-order valence-corrected chi connectivity index (χ0v) is 12.5. The molecule has 0 saturated heterocycles. The molecule has 1 saturated carbocycles. The Morgan fingerprint density at radius 1 is 1.33 bits per heavy atom. The Kier molecular flexibility index (Phi) is 3.86. The molecule has 0 spiro atoms. The molecule has 0 bridgehead atoms. The smallest absolute Gasteiger partial charge is 0.418 e. The summed E-state index contributed by atoms with van der Waals surface area (Å²) >= 11 is 0. The van der Waals surface area contributed by atoms with Gasteiger partial charge in [-0.05, 0) is 18.9 Å². The summed E-state index contributed by atoms with van der Waals surface area (Å²) in [5.41, 5.74) is -2.90. The number of aromatic nitrogens is 3. The van der Waals surface area contributed by atoms with Gasteiger partial charge in [-0.15, -0.1) is 0 Å². The number of carbonyl (C=O) groups is 1. The van der Waals surface area contributed by atoms with Gasteiger partial charge in [0.05, 0.1) is 24.6 Å². The largest absolute Gasteiger partial charge is 0.481 e. The number of rotatable bonds is 4. The van der Waals surface area contributed by atoms with Crippen molar-refractivity contribution in [2.24, 2.45) is 5.92 Å². The summed E-state index contributed by atoms with van der Waals surface area (Å²) < 4.78 is 45.0. The maximum atomic E-state index is 13.1. The molecule has 0 N–H and O–H groups in total. The van der Waals surface area contributed by atoms with E-state index in [9.17, 15) is 22.8 Å². The summed E-state index contributed by atoms with van der Waals surface area (Å²) in [6.45, 7) is 0. The Balaban J connectivity index is 2.15. The Hall–Kier alpha value is -2.71. The predicted octanol–water partition coefficient (Wildman–Crippen LogP) is 2.25. The quantitative estimate of drug-likeness (QED) is 0.799. The zero-order chi connectivity index (χ0) is 17.5. The number of Topliss-reactive ketones (excluding diaryl/α,β-unsaturated/α-hetero) is 1. The van der Waals surface area contributed by atoms with Gasteiger partial charge in [0.1, 0.15) is 5.69 Å². The number of ketones is 1. The average molecular weight is 339 g/mol. The Bertz CT molecular complexity index is 840. The summed E-state index contributed by atoms with van der Waals surface area (Å²) in [6, 6.07) is 3.25. The first-order valence-electron chi connectivity index (χ1n) is 7.07. The first kappa shape index (κ1) is 16.2. The third-order valence-electron chi connectivity index (χ3n) is 3.59. The molecule has 0 atom stereocenters. The molecule has 24 heavy (non-hydrogen) atoms. The van der Waals surface area contributed by atoms with Crippen LogP contribution in [0, 0.1) is 5.92 Å². The van der Waals surface area contributed by atoms with E-state index in [4.69, 9.17) is 4.74 Å². The molecule has 0 amide bonds. The van der Waals surface area contributed by atoms with Gasteiger partial charge in [0.25, 0.3) is 5.56 Å². The van der Waals surface area contributed by atoms with E-state index in [1.807, 2.05) is 0 Å². The summed E-state index contributed by atoms with van der Waals surface area (Å²) in [6.07, 6.45) is -2.54. The maximum Gasteiger partial charge on any atom is 0.418 e. The highest BCUT2D eigenvalue weighted by molar-refractivity contribution is 5.98. The average Bonchev–Trinajstić information content (AvgIpc) is 3.38. The molecular formula is C15H12F3N3O3. The van der Waals surface area contributed by atoms with Gasteiger partial charge in [0.15, 0.2) is 5.78 Å². The fourth-order valence-electron chi connectivity index (χ4n) is 2.20. The molecular weight excluding hydrogens is 327 g/mol. The fourth-order valence-corrected chi connectivity index (χ4v) is 2.20. The Morgan fingerprint density at radius 3 is 2.54 bits per heavy atom. The first-order chi connectivity index (χ1) is 11.3. The number of alkyl halides is 3. The minimum atomic E-state index is -4.83. The zero-order valence-electron chi connectivity index (χ0n) is 12.5. The number of hydrogen-bond donors (Lipinski definition) is 0. The lowest BCUT2D eigenvalue weighted by atomic mass is 10.1. The molecule has 0 aromatic carbocycles. The van der Waals surface area contributed by atoms with E-state index in [1.54, 1.807) is 0 Å². The molecule has 1 fully saturated rings. The van der Waals surface area contributed by atoms with E-state index in [0.717, 1.165) is 4.68 Å². The SMILES string of the molecule is COc1ccc(-n2nc(C(=O)C3CC3)c(C(F)(F)F)cc2=O)cn1. The molecule has 2 aromatic rings. The number of pyridine rings is 1. The van der Waals surface area contributed by atoms with Crippen LogP contribution in [0.25, 0.3) is 5.69 Å². The van der Waals surface area contributed by atoms with Crippen LogP contribution < -0.4 is 10.3 Å². The van der Waals surface area contributed by atoms with Crippen LogP contribution in [0.1, 0.15) is 28.9 Å². The van der Waals surface area contributed by atoms with Crippen LogP contribution in [0.2, 0.25) is 0 Å². The lowest BCUT2D eigenvalue weighted by molar-refractivity contribution is -0.138. The van der Waals surface area contributed by atoms with E-state index in [1.165, 1.54) is 25.4 Å². The molecule has 9 heteroatoms. The van der Waals surface area contributed by atoms with Crippen molar-refractivity contribution in [1.82, 2.24) is 14.8 Å². The molecule has 6 nitrogen and oxygen atoms in total. The van der Waals surface area contributed by atoms with Crippen molar-refractivity contribution in [3.8, 4) is 11.6 Å². The van der Waals surface area contributed by atoms with Crippen LogP contribution in [0.15, 0.2) is 29.2 Å². The monoisotopic (exact) mass is 339 g/mol. The highest BCUT2D eigenvalue weighted by Gasteiger charge is 2.41. The van der Waals surface area contributed by atoms with Crippen molar-refractivity contribution < 1.29 is 22.7 Å². The number of halogens is 3. The third-order valence-corrected chi connectivity index (χ3v) is 3.59. The van der Waals surface area contributed by atoms with E-state index in [-0.39, 0.29) is 11.6 Å². The lowest BCUT2D eigenvalue weighted by Crippen LogP contribution is -2.28. The van der Waals surface area contributed by atoms with Crippen LogP contribution in [0.5, 0.6) is 5.88 Å². The number of nitrogens with zero attached hydrogens (tertiary/aromatic N) is 3. The van der Waals surface area contributed by atoms with Gasteiger partial charge in [0, 0.05) is 18.1 Å². The van der Waals surface area contributed by atoms with Crippen molar-refractivity contribution in [2.45, 2.75) is 19.0 Å². The summed E-state index contributed by atoms with van der Waals surface area (Å²) in [7, 11) is 1.40. The van der Waals surface area contributed by atoms with Gasteiger partial charge in [-0.3, -0.25) is 9.59 Å². The third kappa shape index (κ3) is 3.01. The normalized spacial score (nSPS) is 14.5. The lowest BCUT2D eigenvalue weighted by Gasteiger charge is -2.13. The first-order valence-corrected chi connectivity index (χ1v) is 7.07. The van der Waals surface area contributed by atoms with Gasteiger partial charge >= 0.3 is 6.18 Å². The second-order valence-electron chi connectivity index (χ2n) is 5.35. The molecule has 0 unspecified atom stereocenters. The fraction of sp³-hybridized carbons (Fsp3) is 0.333. The second kappa shape index (κ2) is 5.73. The van der Waals surface area contributed by atoms with Crippen molar-refractivity contribution in [3.63, 3.8) is 0 Å². The van der Waals surface area contributed by atoms with Crippen LogP contribution in [-0.4, -0.2) is 27.7 Å². The van der Waals surface area contributed by atoms with Gasteiger partial charge in [-0.2, -0.15) is 23.0 Å². The number of carbonyl (C=O) groups excluding carboxylic acids is 1. The maximum absolute atomic E-state index is 13.1. The van der Waals surface area contributed by atoms with Gasteiger partial charge < -0.3 is 4.74 Å². The van der Waals surface area contributed by atoms with Gasteiger partial charge in [-0.1, -0.05) is 0 Å². The number of hydrogen-bond acceptors (Lipinski definition) is 5. The van der Waals surface area contributed by atoms with E-state index < -0.39 is 34.7 Å². The molecule has 2 heterocycles. The van der Waals surface area contributed by atoms with Crippen LogP contribution in [0.3, 0.4) is 0 Å². The van der Waals surface area contributed by atoms with Crippen molar-refractivity contribution in [2.75, 3.05) is 7.11 Å². The van der Waals surface area contributed by atoms with Crippen molar-refractivity contribution in [3.05, 3.63) is 46.0 Å². The van der Waals surface area contributed by atoms with Gasteiger partial charge in [0.2, 0.25) is 5.88 Å². The van der Waals surface area contributed by atoms with Crippen LogP contribution in [-0.2, 0) is 6.18 Å². The summed E-state index contributed by atoms with van der Waals surface area (Å²) in [5, 5.41) is 3.68. The van der Waals surface area contributed by atoms with Crippen molar-refractivity contribution in [1.29, 1.82) is 0 Å². The van der Waals surface area contributed by atoms with Crippen LogP contribution >= 0.6 is 0 Å². The molecule has 0 radical (unpaired) electrons. The minimum absolute atomic E-state index is 0.138. The summed E-state index contributed by atoms with van der Waals surface area (Å²) in [4.78, 5) is 28.1. The molecule has 1 aliphatic carbocycles. The minimum Gasteiger partial charge on any atom is -0.481 e.